The van der Waals surface area contributed by atoms with Crippen molar-refractivity contribution in [3.05, 3.63) is 82.7 Å². The Hall–Kier alpha value is -3.34. The summed E-state index contributed by atoms with van der Waals surface area (Å²) in [5.41, 5.74) is 11.5. The average molecular weight is 376 g/mol. The molecule has 0 saturated carbocycles. The lowest BCUT2D eigenvalue weighted by Crippen LogP contribution is -2.13. The molecule has 1 heterocycles. The molecule has 0 bridgehead atoms. The van der Waals surface area contributed by atoms with Gasteiger partial charge in [-0.2, -0.15) is 0 Å². The summed E-state index contributed by atoms with van der Waals surface area (Å²) in [7, 11) is 1.35. The van der Waals surface area contributed by atoms with Gasteiger partial charge in [-0.3, -0.25) is 4.79 Å². The fourth-order valence-corrected chi connectivity index (χ4v) is 3.65. The molecule has 5 heteroatoms. The summed E-state index contributed by atoms with van der Waals surface area (Å²) < 4.78 is 6.91. The van der Waals surface area contributed by atoms with E-state index in [1.54, 1.807) is 12.1 Å². The Morgan fingerprint density at radius 1 is 1.04 bits per heavy atom. The van der Waals surface area contributed by atoms with Gasteiger partial charge in [0.25, 0.3) is 5.91 Å². The predicted molar refractivity (Wildman–Crippen MR) is 109 cm³/mol. The molecule has 1 aromatic heterocycles. The van der Waals surface area contributed by atoms with Crippen LogP contribution in [0.1, 0.15) is 44.6 Å². The minimum Gasteiger partial charge on any atom is -0.465 e. The lowest BCUT2D eigenvalue weighted by molar-refractivity contribution is 0.0600. The van der Waals surface area contributed by atoms with Gasteiger partial charge in [-0.05, 0) is 36.6 Å². The first-order valence-corrected chi connectivity index (χ1v) is 9.22. The van der Waals surface area contributed by atoms with Crippen molar-refractivity contribution in [1.82, 2.24) is 4.57 Å². The van der Waals surface area contributed by atoms with E-state index < -0.39 is 11.9 Å². The molecule has 144 valence electrons. The number of carbonyl (C=O) groups is 2. The van der Waals surface area contributed by atoms with Crippen molar-refractivity contribution in [1.29, 1.82) is 0 Å². The first kappa shape index (κ1) is 19.4. The summed E-state index contributed by atoms with van der Waals surface area (Å²) in [6, 6.07) is 17.2. The second-order valence-electron chi connectivity index (χ2n) is 6.64. The van der Waals surface area contributed by atoms with Crippen LogP contribution in [0.3, 0.4) is 0 Å². The third kappa shape index (κ3) is 3.56. The Morgan fingerprint density at radius 3 is 2.21 bits per heavy atom. The summed E-state index contributed by atoms with van der Waals surface area (Å²) in [5, 5.41) is 0. The lowest BCUT2D eigenvalue weighted by Gasteiger charge is -2.12. The number of esters is 1. The second-order valence-corrected chi connectivity index (χ2v) is 6.64. The van der Waals surface area contributed by atoms with Crippen LogP contribution in [0.5, 0.6) is 0 Å². The maximum absolute atomic E-state index is 12.3. The van der Waals surface area contributed by atoms with E-state index in [1.807, 2.05) is 37.3 Å². The number of ether oxygens (including phenoxy) is 1. The van der Waals surface area contributed by atoms with E-state index in [9.17, 15) is 9.59 Å². The van der Waals surface area contributed by atoms with Gasteiger partial charge in [0.1, 0.15) is 0 Å². The number of amides is 1. The minimum absolute atomic E-state index is 0.393. The van der Waals surface area contributed by atoms with E-state index >= 15 is 0 Å². The molecular weight excluding hydrogens is 352 g/mol. The van der Waals surface area contributed by atoms with Crippen molar-refractivity contribution in [2.75, 3.05) is 7.11 Å². The Kier molecular flexibility index (Phi) is 5.64. The van der Waals surface area contributed by atoms with Crippen LogP contribution in [-0.4, -0.2) is 23.6 Å². The molecule has 3 rings (SSSR count). The normalized spacial score (nSPS) is 10.7. The Labute approximate surface area is 164 Å². The molecule has 0 radical (unpaired) electrons. The van der Waals surface area contributed by atoms with Crippen molar-refractivity contribution in [3.63, 3.8) is 0 Å². The van der Waals surface area contributed by atoms with Crippen molar-refractivity contribution >= 4 is 11.9 Å². The highest BCUT2D eigenvalue weighted by atomic mass is 16.5. The SMILES string of the molecule is CCc1c(-c2ccc(C(=O)OC)cc2)c(C(N)=O)c(C)n1Cc1ccccc1. The van der Waals surface area contributed by atoms with Crippen LogP contribution in [0.2, 0.25) is 0 Å². The van der Waals surface area contributed by atoms with Gasteiger partial charge in [-0.15, -0.1) is 0 Å². The number of aromatic nitrogens is 1. The van der Waals surface area contributed by atoms with Gasteiger partial charge in [-0.25, -0.2) is 4.79 Å². The van der Waals surface area contributed by atoms with Gasteiger partial charge in [0.05, 0.1) is 18.2 Å². The third-order valence-corrected chi connectivity index (χ3v) is 4.99. The molecule has 5 nitrogen and oxygen atoms in total. The van der Waals surface area contributed by atoms with Crippen LogP contribution in [0.4, 0.5) is 0 Å². The summed E-state index contributed by atoms with van der Waals surface area (Å²) >= 11 is 0. The highest BCUT2D eigenvalue weighted by Gasteiger charge is 2.24. The van der Waals surface area contributed by atoms with Crippen molar-refractivity contribution in [3.8, 4) is 11.1 Å². The number of benzene rings is 2. The number of nitrogens with zero attached hydrogens (tertiary/aromatic N) is 1. The molecule has 2 aromatic carbocycles. The summed E-state index contributed by atoms with van der Waals surface area (Å²) in [5.74, 6) is -0.846. The average Bonchev–Trinajstić information content (AvgIpc) is 3.00. The zero-order valence-corrected chi connectivity index (χ0v) is 16.4. The molecule has 0 atom stereocenters. The molecule has 0 aliphatic carbocycles. The monoisotopic (exact) mass is 376 g/mol. The molecule has 0 aliphatic heterocycles. The molecule has 1 amide bonds. The molecule has 3 aromatic rings. The highest BCUT2D eigenvalue weighted by molar-refractivity contribution is 6.02. The van der Waals surface area contributed by atoms with Crippen molar-refractivity contribution in [2.24, 2.45) is 5.73 Å². The zero-order chi connectivity index (χ0) is 20.3. The predicted octanol–water partition coefficient (Wildman–Crippen LogP) is 3.96. The zero-order valence-electron chi connectivity index (χ0n) is 16.4. The molecule has 28 heavy (non-hydrogen) atoms. The number of hydrogen-bond donors (Lipinski definition) is 1. The van der Waals surface area contributed by atoms with E-state index in [-0.39, 0.29) is 0 Å². The largest absolute Gasteiger partial charge is 0.465 e. The van der Waals surface area contributed by atoms with Gasteiger partial charge >= 0.3 is 5.97 Å². The maximum Gasteiger partial charge on any atom is 0.337 e. The van der Waals surface area contributed by atoms with Crippen LogP contribution in [0.15, 0.2) is 54.6 Å². The summed E-state index contributed by atoms with van der Waals surface area (Å²) in [6.07, 6.45) is 0.745. The molecule has 0 fully saturated rings. The minimum atomic E-state index is -0.453. The standard InChI is InChI=1S/C23H24N2O3/c1-4-19-21(17-10-12-18(13-11-17)23(27)28-3)20(22(24)26)15(2)25(19)14-16-8-6-5-7-9-16/h5-13H,4,14H2,1-3H3,(H2,24,26). The first-order valence-electron chi connectivity index (χ1n) is 9.22. The molecular formula is C23H24N2O3. The van der Waals surface area contributed by atoms with Crippen LogP contribution in [0, 0.1) is 6.92 Å². The smallest absolute Gasteiger partial charge is 0.337 e. The first-order chi connectivity index (χ1) is 13.5. The van der Waals surface area contributed by atoms with Crippen LogP contribution >= 0.6 is 0 Å². The fraction of sp³-hybridized carbons (Fsp3) is 0.217. The highest BCUT2D eigenvalue weighted by Crippen LogP contribution is 2.34. The van der Waals surface area contributed by atoms with Gasteiger partial charge in [0, 0.05) is 23.5 Å². The molecule has 0 unspecified atom stereocenters. The number of hydrogen-bond acceptors (Lipinski definition) is 3. The Balaban J connectivity index is 2.15. The van der Waals surface area contributed by atoms with Crippen molar-refractivity contribution in [2.45, 2.75) is 26.8 Å². The van der Waals surface area contributed by atoms with Crippen LogP contribution < -0.4 is 5.73 Å². The van der Waals surface area contributed by atoms with Crippen LogP contribution in [0.25, 0.3) is 11.1 Å². The molecule has 2 N–H and O–H groups in total. The third-order valence-electron chi connectivity index (χ3n) is 4.99. The Bertz CT molecular complexity index is 1000. The number of rotatable bonds is 6. The number of methoxy groups -OCH3 is 1. The van der Waals surface area contributed by atoms with Gasteiger partial charge < -0.3 is 15.0 Å². The van der Waals surface area contributed by atoms with E-state index in [1.165, 1.54) is 7.11 Å². The quantitative estimate of drug-likeness (QED) is 0.662. The Morgan fingerprint density at radius 2 is 1.68 bits per heavy atom. The van der Waals surface area contributed by atoms with Gasteiger partial charge in [-0.1, -0.05) is 49.4 Å². The van der Waals surface area contributed by atoms with E-state index in [0.717, 1.165) is 34.5 Å². The number of primary amides is 1. The van der Waals surface area contributed by atoms with E-state index in [0.29, 0.717) is 17.7 Å². The molecule has 0 saturated heterocycles. The lowest BCUT2D eigenvalue weighted by atomic mass is 9.98. The maximum atomic E-state index is 12.3. The summed E-state index contributed by atoms with van der Waals surface area (Å²) in [6.45, 7) is 4.65. The van der Waals surface area contributed by atoms with Crippen LogP contribution in [-0.2, 0) is 17.7 Å². The topological polar surface area (TPSA) is 74.3 Å². The van der Waals surface area contributed by atoms with Gasteiger partial charge in [0.15, 0.2) is 0 Å². The van der Waals surface area contributed by atoms with E-state index in [2.05, 4.69) is 23.6 Å². The number of carbonyl (C=O) groups excluding carboxylic acids is 2. The fourth-order valence-electron chi connectivity index (χ4n) is 3.65. The van der Waals surface area contributed by atoms with E-state index in [4.69, 9.17) is 10.5 Å². The molecule has 0 spiro atoms. The second kappa shape index (κ2) is 8.13. The van der Waals surface area contributed by atoms with Crippen molar-refractivity contribution < 1.29 is 14.3 Å². The molecule has 0 aliphatic rings. The number of nitrogens with two attached hydrogens (primary N) is 1. The summed E-state index contributed by atoms with van der Waals surface area (Å²) in [4.78, 5) is 24.0. The van der Waals surface area contributed by atoms with Gasteiger partial charge in [0.2, 0.25) is 0 Å².